The summed E-state index contributed by atoms with van der Waals surface area (Å²) in [6.07, 6.45) is 2.37. The van der Waals surface area contributed by atoms with E-state index in [1.807, 2.05) is 0 Å². The molecule has 0 spiro atoms. The minimum Gasteiger partial charge on any atom is -0.465 e. The van der Waals surface area contributed by atoms with E-state index < -0.39 is 33.8 Å². The number of aryl methyl sites for hydroxylation is 1. The molecule has 39 heavy (non-hydrogen) atoms. The summed E-state index contributed by atoms with van der Waals surface area (Å²) in [6, 6.07) is 5.08. The van der Waals surface area contributed by atoms with Crippen LogP contribution in [0.2, 0.25) is 5.02 Å². The first-order chi connectivity index (χ1) is 18.4. The highest BCUT2D eigenvalue weighted by molar-refractivity contribution is 7.92. The number of hydrogen-bond acceptors (Lipinski definition) is 6. The second-order valence-electron chi connectivity index (χ2n) is 8.83. The average Bonchev–Trinajstić information content (AvgIpc) is 3.41. The molecule has 2 aromatic carbocycles. The SMILES string of the molecule is Cn1nc(NS(C)(=O)=O)c2c(Cl)ccc(-c3c(C(Cc4cc(F)cc(F)c4)NC(=O)O)ncc4[nH]cnc34)c21. The van der Waals surface area contributed by atoms with Gasteiger partial charge < -0.3 is 15.4 Å². The summed E-state index contributed by atoms with van der Waals surface area (Å²) in [5, 5.41) is 16.8. The predicted octanol–water partition coefficient (Wildman–Crippen LogP) is 4.37. The number of nitrogens with zero attached hydrogens (tertiary/aromatic N) is 4. The zero-order chi connectivity index (χ0) is 28.1. The Labute approximate surface area is 224 Å². The van der Waals surface area contributed by atoms with Gasteiger partial charge in [0.15, 0.2) is 5.82 Å². The number of H-pyrrole nitrogens is 1. The van der Waals surface area contributed by atoms with Crippen molar-refractivity contribution in [1.29, 1.82) is 0 Å². The van der Waals surface area contributed by atoms with Gasteiger partial charge in [-0.2, -0.15) is 5.10 Å². The molecule has 15 heteroatoms. The third-order valence-electron chi connectivity index (χ3n) is 5.97. The number of nitrogens with one attached hydrogen (secondary N) is 3. The van der Waals surface area contributed by atoms with Gasteiger partial charge in [-0.05, 0) is 30.2 Å². The van der Waals surface area contributed by atoms with Crippen LogP contribution in [-0.4, -0.2) is 50.6 Å². The van der Waals surface area contributed by atoms with Gasteiger partial charge in [0.05, 0.1) is 57.5 Å². The van der Waals surface area contributed by atoms with Crippen LogP contribution in [0.4, 0.5) is 19.4 Å². The van der Waals surface area contributed by atoms with Crippen molar-refractivity contribution in [1.82, 2.24) is 30.0 Å². The molecular weight excluding hydrogens is 556 g/mol. The van der Waals surface area contributed by atoms with Crippen molar-refractivity contribution < 1.29 is 27.1 Å². The molecule has 0 saturated heterocycles. The molecule has 4 N–H and O–H groups in total. The number of rotatable bonds is 7. The van der Waals surface area contributed by atoms with E-state index >= 15 is 0 Å². The van der Waals surface area contributed by atoms with Crippen LogP contribution in [-0.2, 0) is 23.5 Å². The highest BCUT2D eigenvalue weighted by Gasteiger charge is 2.27. The molecule has 3 heterocycles. The van der Waals surface area contributed by atoms with E-state index in [2.05, 4.69) is 30.1 Å². The fraction of sp³-hybridized carbons (Fsp3) is 0.167. The van der Waals surface area contributed by atoms with Crippen LogP contribution in [0.25, 0.3) is 33.1 Å². The Morgan fingerprint density at radius 2 is 1.92 bits per heavy atom. The van der Waals surface area contributed by atoms with Gasteiger partial charge in [-0.15, -0.1) is 0 Å². The number of benzene rings is 2. The number of carboxylic acid groups (broad SMARTS) is 1. The molecule has 5 aromatic rings. The molecule has 11 nitrogen and oxygen atoms in total. The van der Waals surface area contributed by atoms with Crippen molar-refractivity contribution in [2.45, 2.75) is 12.5 Å². The van der Waals surface area contributed by atoms with Crippen LogP contribution in [0.3, 0.4) is 0 Å². The molecule has 0 radical (unpaired) electrons. The molecule has 0 aliphatic rings. The fourth-order valence-electron chi connectivity index (χ4n) is 4.61. The van der Waals surface area contributed by atoms with Gasteiger partial charge in [-0.3, -0.25) is 14.4 Å². The van der Waals surface area contributed by atoms with Crippen LogP contribution < -0.4 is 10.0 Å². The second-order valence-corrected chi connectivity index (χ2v) is 11.0. The van der Waals surface area contributed by atoms with Gasteiger partial charge in [0.25, 0.3) is 0 Å². The molecule has 5 rings (SSSR count). The lowest BCUT2D eigenvalue weighted by atomic mass is 9.93. The first-order valence-corrected chi connectivity index (χ1v) is 13.6. The first-order valence-electron chi connectivity index (χ1n) is 11.3. The quantitative estimate of drug-likeness (QED) is 0.225. The van der Waals surface area contributed by atoms with Crippen LogP contribution >= 0.6 is 11.6 Å². The molecule has 1 amide bonds. The van der Waals surface area contributed by atoms with Crippen LogP contribution in [0.15, 0.2) is 42.9 Å². The number of amides is 1. The summed E-state index contributed by atoms with van der Waals surface area (Å²) in [5.74, 6) is -1.62. The highest BCUT2D eigenvalue weighted by Crippen LogP contribution is 2.41. The van der Waals surface area contributed by atoms with Crippen LogP contribution in [0.1, 0.15) is 17.3 Å². The third-order valence-corrected chi connectivity index (χ3v) is 6.85. The second kappa shape index (κ2) is 9.78. The number of carbonyl (C=O) groups is 1. The monoisotopic (exact) mass is 575 g/mol. The van der Waals surface area contributed by atoms with E-state index in [0.29, 0.717) is 33.1 Å². The largest absolute Gasteiger partial charge is 0.465 e. The Bertz CT molecular complexity index is 1850. The van der Waals surface area contributed by atoms with Gasteiger partial charge in [0.1, 0.15) is 11.6 Å². The highest BCUT2D eigenvalue weighted by atomic mass is 35.5. The maximum absolute atomic E-state index is 14.0. The zero-order valence-electron chi connectivity index (χ0n) is 20.3. The number of sulfonamides is 1. The summed E-state index contributed by atoms with van der Waals surface area (Å²) >= 11 is 6.48. The average molecular weight is 576 g/mol. The van der Waals surface area contributed by atoms with Gasteiger partial charge in [0, 0.05) is 24.2 Å². The Morgan fingerprint density at radius 3 is 2.59 bits per heavy atom. The summed E-state index contributed by atoms with van der Waals surface area (Å²) in [6.45, 7) is 0. The molecule has 1 atom stereocenters. The normalized spacial score (nSPS) is 12.6. The minimum atomic E-state index is -3.70. The Balaban J connectivity index is 1.79. The van der Waals surface area contributed by atoms with Crippen LogP contribution in [0.5, 0.6) is 0 Å². The van der Waals surface area contributed by atoms with Crippen molar-refractivity contribution >= 4 is 55.5 Å². The summed E-state index contributed by atoms with van der Waals surface area (Å²) in [4.78, 5) is 23.7. The standard InChI is InChI=1S/C24H20ClF2N7O4S/c1-34-22-14(3-4-15(25)19(22)23(32-34)33-39(2,37)38)18-20(28-9-17-21(18)30-10-29-17)16(31-24(35)36)7-11-5-12(26)8-13(27)6-11/h3-6,8-10,16,31H,7H2,1-2H3,(H,29,30)(H,32,33)(H,35,36). The topological polar surface area (TPSA) is 155 Å². The van der Waals surface area contributed by atoms with E-state index in [0.717, 1.165) is 24.5 Å². The van der Waals surface area contributed by atoms with Gasteiger partial charge in [-0.1, -0.05) is 17.7 Å². The van der Waals surface area contributed by atoms with Gasteiger partial charge in [0.2, 0.25) is 10.0 Å². The van der Waals surface area contributed by atoms with Crippen molar-refractivity contribution in [3.8, 4) is 11.1 Å². The van der Waals surface area contributed by atoms with Crippen LogP contribution in [0, 0.1) is 11.6 Å². The molecule has 0 fully saturated rings. The number of halogens is 3. The fourth-order valence-corrected chi connectivity index (χ4v) is 5.34. The van der Waals surface area contributed by atoms with E-state index in [9.17, 15) is 27.1 Å². The number of hydrogen-bond donors (Lipinski definition) is 4. The van der Waals surface area contributed by atoms with E-state index in [-0.39, 0.29) is 28.5 Å². The lowest BCUT2D eigenvalue weighted by Crippen LogP contribution is -2.29. The molecule has 0 aliphatic carbocycles. The van der Waals surface area contributed by atoms with E-state index in [1.54, 1.807) is 19.2 Å². The number of anilines is 1. The van der Waals surface area contributed by atoms with Gasteiger partial charge in [-0.25, -0.2) is 27.0 Å². The molecule has 1 unspecified atom stereocenters. The third kappa shape index (κ3) is 5.20. The van der Waals surface area contributed by atoms with Crippen molar-refractivity contribution in [2.24, 2.45) is 7.05 Å². The predicted molar refractivity (Wildman–Crippen MR) is 141 cm³/mol. The molecule has 0 bridgehead atoms. The number of aromatic amines is 1. The smallest absolute Gasteiger partial charge is 0.405 e. The van der Waals surface area contributed by atoms with Crippen molar-refractivity contribution in [2.75, 3.05) is 11.0 Å². The number of aromatic nitrogens is 5. The molecule has 0 saturated carbocycles. The summed E-state index contributed by atoms with van der Waals surface area (Å²) in [7, 11) is -2.11. The van der Waals surface area contributed by atoms with Crippen molar-refractivity contribution in [3.05, 3.63) is 70.8 Å². The Kier molecular flexibility index (Phi) is 6.60. The number of imidazole rings is 1. The first kappa shape index (κ1) is 26.3. The lowest BCUT2D eigenvalue weighted by molar-refractivity contribution is 0.189. The Hall–Kier alpha value is -4.30. The van der Waals surface area contributed by atoms with E-state index in [1.165, 1.54) is 17.2 Å². The molecular formula is C24H20ClF2N7O4S. The van der Waals surface area contributed by atoms with E-state index in [4.69, 9.17) is 11.6 Å². The maximum atomic E-state index is 14.0. The number of fused-ring (bicyclic) bond motifs is 2. The minimum absolute atomic E-state index is 0.000934. The summed E-state index contributed by atoms with van der Waals surface area (Å²) in [5.41, 5.74) is 2.63. The molecule has 3 aromatic heterocycles. The maximum Gasteiger partial charge on any atom is 0.405 e. The van der Waals surface area contributed by atoms with Crippen molar-refractivity contribution in [3.63, 3.8) is 0 Å². The number of pyridine rings is 1. The zero-order valence-corrected chi connectivity index (χ0v) is 21.9. The molecule has 0 aliphatic heterocycles. The van der Waals surface area contributed by atoms with Gasteiger partial charge >= 0.3 is 6.09 Å². The summed E-state index contributed by atoms with van der Waals surface area (Å²) < 4.78 is 55.7. The Morgan fingerprint density at radius 1 is 1.21 bits per heavy atom. The molecule has 202 valence electrons. The lowest BCUT2D eigenvalue weighted by Gasteiger charge is -2.21.